The maximum absolute atomic E-state index is 13.6. The average molecular weight is 466 g/mol. The van der Waals surface area contributed by atoms with Gasteiger partial charge < -0.3 is 9.47 Å². The van der Waals surface area contributed by atoms with Crippen LogP contribution in [0.5, 0.6) is 11.6 Å². The van der Waals surface area contributed by atoms with Crippen molar-refractivity contribution in [2.24, 2.45) is 0 Å². The number of ether oxygens (including phenoxy) is 2. The summed E-state index contributed by atoms with van der Waals surface area (Å²) in [5.41, 5.74) is 5.72. The van der Waals surface area contributed by atoms with Crippen molar-refractivity contribution in [3.05, 3.63) is 125 Å². The lowest BCUT2D eigenvalue weighted by molar-refractivity contribution is 0.0987. The summed E-state index contributed by atoms with van der Waals surface area (Å²) in [6, 6.07) is 27.6. The molecule has 35 heavy (non-hydrogen) atoms. The molecule has 0 unspecified atom stereocenters. The molecule has 0 bridgehead atoms. The van der Waals surface area contributed by atoms with E-state index in [2.05, 4.69) is 25.8 Å². The quantitative estimate of drug-likeness (QED) is 0.234. The third kappa shape index (κ3) is 6.36. The molecule has 0 fully saturated rings. The van der Waals surface area contributed by atoms with Gasteiger partial charge in [-0.25, -0.2) is 4.98 Å². The van der Waals surface area contributed by atoms with E-state index in [0.717, 1.165) is 27.8 Å². The molecule has 3 aromatic carbocycles. The Hall–Kier alpha value is -3.92. The van der Waals surface area contributed by atoms with E-state index in [1.807, 2.05) is 84.9 Å². The molecule has 1 heterocycles. The maximum atomic E-state index is 13.6. The first kappa shape index (κ1) is 24.2. The monoisotopic (exact) mass is 465 g/mol. The van der Waals surface area contributed by atoms with Gasteiger partial charge in [-0.2, -0.15) is 0 Å². The zero-order chi connectivity index (χ0) is 24.6. The van der Waals surface area contributed by atoms with Crippen LogP contribution in [0.2, 0.25) is 0 Å². The van der Waals surface area contributed by atoms with Crippen molar-refractivity contribution in [1.82, 2.24) is 4.98 Å². The molecule has 0 radical (unpaired) electrons. The normalized spacial score (nSPS) is 10.9. The minimum Gasteiger partial charge on any atom is -0.488 e. The Balaban J connectivity index is 1.58. The molecule has 4 heteroatoms. The van der Waals surface area contributed by atoms with Crippen LogP contribution >= 0.6 is 0 Å². The minimum absolute atomic E-state index is 0.0208. The summed E-state index contributed by atoms with van der Waals surface area (Å²) in [6.45, 7) is 7.14. The number of aryl methyl sites for hydroxylation is 1. The summed E-state index contributed by atoms with van der Waals surface area (Å²) in [5, 5.41) is 0. The molecule has 4 nitrogen and oxygen atoms in total. The summed E-state index contributed by atoms with van der Waals surface area (Å²) in [5.74, 6) is 1.37. The Labute approximate surface area is 207 Å². The van der Waals surface area contributed by atoms with Gasteiger partial charge in [-0.05, 0) is 53.3 Å². The molecular formula is C31H31NO3. The number of aromatic nitrogens is 1. The summed E-state index contributed by atoms with van der Waals surface area (Å²) in [7, 11) is 0. The van der Waals surface area contributed by atoms with Crippen molar-refractivity contribution < 1.29 is 14.3 Å². The standard InChI is InChI=1S/C31H31NO3/c1-22(2)27-19-28(30(17-23(27)3)34-20-24-11-6-4-7-12-24)29(33)18-26-15-10-16-32-31(26)35-21-25-13-8-5-9-14-25/h4-17,19,22H,18,20-21H2,1-3H3. The second-order valence-electron chi connectivity index (χ2n) is 8.98. The van der Waals surface area contributed by atoms with Gasteiger partial charge in [0.25, 0.3) is 0 Å². The lowest BCUT2D eigenvalue weighted by atomic mass is 9.92. The van der Waals surface area contributed by atoms with E-state index < -0.39 is 0 Å². The molecule has 1 aromatic heterocycles. The molecule has 0 saturated heterocycles. The number of ketones is 1. The molecule has 0 N–H and O–H groups in total. The Morgan fingerprint density at radius 2 is 1.46 bits per heavy atom. The maximum Gasteiger partial charge on any atom is 0.217 e. The van der Waals surface area contributed by atoms with Crippen LogP contribution in [0, 0.1) is 6.92 Å². The van der Waals surface area contributed by atoms with E-state index >= 15 is 0 Å². The van der Waals surface area contributed by atoms with Gasteiger partial charge in [0.15, 0.2) is 5.78 Å². The Morgan fingerprint density at radius 1 is 0.829 bits per heavy atom. The molecule has 4 aromatic rings. The highest BCUT2D eigenvalue weighted by atomic mass is 16.5. The highest BCUT2D eigenvalue weighted by Crippen LogP contribution is 2.30. The van der Waals surface area contributed by atoms with Crippen LogP contribution in [-0.4, -0.2) is 10.8 Å². The zero-order valence-corrected chi connectivity index (χ0v) is 20.5. The van der Waals surface area contributed by atoms with Crippen molar-refractivity contribution >= 4 is 5.78 Å². The first-order valence-electron chi connectivity index (χ1n) is 12.0. The first-order chi connectivity index (χ1) is 17.0. The molecule has 0 aliphatic heterocycles. The van der Waals surface area contributed by atoms with Gasteiger partial charge in [-0.15, -0.1) is 0 Å². The number of carbonyl (C=O) groups excluding carboxylic acids is 1. The van der Waals surface area contributed by atoms with E-state index in [1.165, 1.54) is 0 Å². The van der Waals surface area contributed by atoms with Gasteiger partial charge in [0.05, 0.1) is 5.56 Å². The molecule has 0 saturated carbocycles. The fourth-order valence-electron chi connectivity index (χ4n) is 4.08. The number of benzene rings is 3. The lowest BCUT2D eigenvalue weighted by Gasteiger charge is -2.17. The summed E-state index contributed by atoms with van der Waals surface area (Å²) < 4.78 is 12.1. The fraction of sp³-hybridized carbons (Fsp3) is 0.226. The van der Waals surface area contributed by atoms with Crippen LogP contribution in [0.15, 0.2) is 91.1 Å². The molecule has 178 valence electrons. The van der Waals surface area contributed by atoms with Crippen molar-refractivity contribution in [3.63, 3.8) is 0 Å². The highest BCUT2D eigenvalue weighted by molar-refractivity contribution is 6.00. The van der Waals surface area contributed by atoms with E-state index in [1.54, 1.807) is 6.20 Å². The lowest BCUT2D eigenvalue weighted by Crippen LogP contribution is -2.11. The largest absolute Gasteiger partial charge is 0.488 e. The minimum atomic E-state index is -0.0208. The second-order valence-corrected chi connectivity index (χ2v) is 8.98. The molecule has 0 aliphatic rings. The summed E-state index contributed by atoms with van der Waals surface area (Å²) in [6.07, 6.45) is 1.87. The predicted octanol–water partition coefficient (Wildman–Crippen LogP) is 7.10. The van der Waals surface area contributed by atoms with Crippen LogP contribution in [-0.2, 0) is 19.6 Å². The fourth-order valence-corrected chi connectivity index (χ4v) is 4.08. The van der Waals surface area contributed by atoms with Gasteiger partial charge >= 0.3 is 0 Å². The molecule has 0 atom stereocenters. The number of Topliss-reactive ketones (excluding diaryl/α,β-unsaturated/α-hetero) is 1. The van der Waals surface area contributed by atoms with E-state index in [0.29, 0.717) is 36.3 Å². The number of hydrogen-bond donors (Lipinski definition) is 0. The van der Waals surface area contributed by atoms with Gasteiger partial charge in [0.2, 0.25) is 5.88 Å². The third-order valence-corrected chi connectivity index (χ3v) is 5.95. The van der Waals surface area contributed by atoms with Crippen LogP contribution in [0.3, 0.4) is 0 Å². The summed E-state index contributed by atoms with van der Waals surface area (Å²) >= 11 is 0. The van der Waals surface area contributed by atoms with E-state index in [9.17, 15) is 4.79 Å². The molecule has 0 spiro atoms. The predicted molar refractivity (Wildman–Crippen MR) is 139 cm³/mol. The first-order valence-corrected chi connectivity index (χ1v) is 12.0. The topological polar surface area (TPSA) is 48.4 Å². The number of nitrogens with zero attached hydrogens (tertiary/aromatic N) is 1. The van der Waals surface area contributed by atoms with Crippen LogP contribution in [0.1, 0.15) is 57.9 Å². The van der Waals surface area contributed by atoms with Crippen molar-refractivity contribution in [2.75, 3.05) is 0 Å². The molecule has 0 aliphatic carbocycles. The van der Waals surface area contributed by atoms with Gasteiger partial charge in [0.1, 0.15) is 19.0 Å². The third-order valence-electron chi connectivity index (χ3n) is 5.95. The smallest absolute Gasteiger partial charge is 0.217 e. The van der Waals surface area contributed by atoms with Crippen LogP contribution in [0.25, 0.3) is 0 Å². The van der Waals surface area contributed by atoms with Gasteiger partial charge in [0, 0.05) is 18.2 Å². The van der Waals surface area contributed by atoms with Crippen molar-refractivity contribution in [1.29, 1.82) is 0 Å². The van der Waals surface area contributed by atoms with Gasteiger partial charge in [-0.1, -0.05) is 80.6 Å². The Morgan fingerprint density at radius 3 is 2.09 bits per heavy atom. The Kier molecular flexibility index (Phi) is 7.94. The van der Waals surface area contributed by atoms with Gasteiger partial charge in [-0.3, -0.25) is 4.79 Å². The van der Waals surface area contributed by atoms with E-state index in [4.69, 9.17) is 9.47 Å². The molecular weight excluding hydrogens is 434 g/mol. The van der Waals surface area contributed by atoms with Crippen molar-refractivity contribution in [2.45, 2.75) is 46.3 Å². The average Bonchev–Trinajstić information content (AvgIpc) is 2.88. The number of carbonyl (C=O) groups is 1. The zero-order valence-electron chi connectivity index (χ0n) is 20.5. The van der Waals surface area contributed by atoms with Crippen molar-refractivity contribution in [3.8, 4) is 11.6 Å². The highest BCUT2D eigenvalue weighted by Gasteiger charge is 2.19. The number of pyridine rings is 1. The summed E-state index contributed by atoms with van der Waals surface area (Å²) in [4.78, 5) is 18.0. The number of rotatable bonds is 10. The molecule has 4 rings (SSSR count). The van der Waals surface area contributed by atoms with E-state index in [-0.39, 0.29) is 12.2 Å². The Bertz CT molecular complexity index is 1270. The number of hydrogen-bond acceptors (Lipinski definition) is 4. The molecule has 0 amide bonds. The SMILES string of the molecule is Cc1cc(OCc2ccccc2)c(C(=O)Cc2cccnc2OCc2ccccc2)cc1C(C)C. The van der Waals surface area contributed by atoms with Crippen LogP contribution < -0.4 is 9.47 Å². The van der Waals surface area contributed by atoms with Crippen LogP contribution in [0.4, 0.5) is 0 Å². The second kappa shape index (κ2) is 11.5.